The Bertz CT molecular complexity index is 687. The number of carbonyl (C=O) groups excluding carboxylic acids is 1. The highest BCUT2D eigenvalue weighted by molar-refractivity contribution is 6.04. The van der Waals surface area contributed by atoms with Crippen LogP contribution in [0.2, 0.25) is 0 Å². The summed E-state index contributed by atoms with van der Waals surface area (Å²) >= 11 is 0. The van der Waals surface area contributed by atoms with Gasteiger partial charge in [-0.05, 0) is 17.0 Å². The molecule has 120 valence electrons. The molecule has 1 aromatic heterocycles. The van der Waals surface area contributed by atoms with Crippen LogP contribution in [0.25, 0.3) is 0 Å². The molecule has 23 heavy (non-hydrogen) atoms. The van der Waals surface area contributed by atoms with Gasteiger partial charge in [0.15, 0.2) is 0 Å². The normalized spacial score (nSPS) is 10.9. The molecule has 0 unspecified atom stereocenters. The van der Waals surface area contributed by atoms with Crippen LogP contribution in [-0.2, 0) is 5.41 Å². The molecular weight excluding hydrogens is 288 g/mol. The van der Waals surface area contributed by atoms with Gasteiger partial charge < -0.3 is 10.6 Å². The second-order valence-corrected chi connectivity index (χ2v) is 6.21. The Balaban J connectivity index is 2.15. The second-order valence-electron chi connectivity index (χ2n) is 6.21. The van der Waals surface area contributed by atoms with Crippen molar-refractivity contribution >= 4 is 17.5 Å². The molecule has 0 fully saturated rings. The second kappa shape index (κ2) is 7.05. The van der Waals surface area contributed by atoms with Gasteiger partial charge in [-0.15, -0.1) is 6.58 Å². The molecule has 0 spiro atoms. The van der Waals surface area contributed by atoms with Gasteiger partial charge in [-0.3, -0.25) is 4.79 Å². The first-order chi connectivity index (χ1) is 10.9. The molecule has 2 rings (SSSR count). The maximum absolute atomic E-state index is 12.4. The summed E-state index contributed by atoms with van der Waals surface area (Å²) in [6.45, 7) is 10.5. The number of para-hydroxylation sites is 1. The van der Waals surface area contributed by atoms with Crippen molar-refractivity contribution in [1.29, 1.82) is 0 Å². The summed E-state index contributed by atoms with van der Waals surface area (Å²) in [6.07, 6.45) is 4.73. The molecule has 1 aromatic carbocycles. The van der Waals surface area contributed by atoms with E-state index in [4.69, 9.17) is 0 Å². The van der Waals surface area contributed by atoms with Gasteiger partial charge >= 0.3 is 0 Å². The smallest absolute Gasteiger partial charge is 0.258 e. The van der Waals surface area contributed by atoms with E-state index in [2.05, 4.69) is 48.0 Å². The molecule has 0 aliphatic rings. The minimum Gasteiger partial charge on any atom is -0.351 e. The highest BCUT2D eigenvalue weighted by Crippen LogP contribution is 2.29. The summed E-state index contributed by atoms with van der Waals surface area (Å²) in [6, 6.07) is 7.80. The molecule has 0 aliphatic carbocycles. The van der Waals surface area contributed by atoms with Gasteiger partial charge in [-0.25, -0.2) is 9.97 Å². The number of amides is 1. The zero-order valence-corrected chi connectivity index (χ0v) is 13.8. The molecule has 2 aromatic rings. The molecule has 0 radical (unpaired) electrons. The van der Waals surface area contributed by atoms with Gasteiger partial charge in [0, 0.05) is 24.6 Å². The third-order valence-corrected chi connectivity index (χ3v) is 3.30. The summed E-state index contributed by atoms with van der Waals surface area (Å²) in [4.78, 5) is 20.6. The lowest BCUT2D eigenvalue weighted by atomic mass is 9.86. The molecule has 2 N–H and O–H groups in total. The van der Waals surface area contributed by atoms with Gasteiger partial charge in [0.05, 0.1) is 5.56 Å². The molecule has 0 saturated heterocycles. The van der Waals surface area contributed by atoms with Gasteiger partial charge in [0.1, 0.15) is 0 Å². The Labute approximate surface area is 136 Å². The van der Waals surface area contributed by atoms with Gasteiger partial charge in [-0.2, -0.15) is 0 Å². The van der Waals surface area contributed by atoms with Gasteiger partial charge in [0.2, 0.25) is 5.95 Å². The number of nitrogens with one attached hydrogen (secondary N) is 2. The molecule has 1 amide bonds. The topological polar surface area (TPSA) is 66.9 Å². The zero-order chi connectivity index (χ0) is 16.9. The standard InChI is InChI=1S/C18H22N4O/c1-5-10-19-17-20-11-13(12-21-17)16(23)22-15-9-7-6-8-14(15)18(2,3)4/h5-9,11-12H,1,10H2,2-4H3,(H,22,23)(H,19,20,21). The van der Waals surface area contributed by atoms with E-state index in [9.17, 15) is 4.79 Å². The van der Waals surface area contributed by atoms with E-state index in [0.717, 1.165) is 11.3 Å². The van der Waals surface area contributed by atoms with E-state index >= 15 is 0 Å². The fourth-order valence-electron chi connectivity index (χ4n) is 2.14. The van der Waals surface area contributed by atoms with E-state index in [1.165, 1.54) is 12.4 Å². The van der Waals surface area contributed by atoms with E-state index < -0.39 is 0 Å². The number of anilines is 2. The summed E-state index contributed by atoms with van der Waals surface area (Å²) in [5.41, 5.74) is 2.24. The Kier molecular flexibility index (Phi) is 5.11. The van der Waals surface area contributed by atoms with Crippen LogP contribution in [-0.4, -0.2) is 22.4 Å². The summed E-state index contributed by atoms with van der Waals surface area (Å²) in [5.74, 6) is 0.244. The van der Waals surface area contributed by atoms with Crippen molar-refractivity contribution in [1.82, 2.24) is 9.97 Å². The van der Waals surface area contributed by atoms with Crippen molar-refractivity contribution in [3.05, 3.63) is 60.4 Å². The van der Waals surface area contributed by atoms with E-state index in [-0.39, 0.29) is 11.3 Å². The SMILES string of the molecule is C=CCNc1ncc(C(=O)Nc2ccccc2C(C)(C)C)cn1. The first kappa shape index (κ1) is 16.7. The summed E-state index contributed by atoms with van der Waals surface area (Å²) in [7, 11) is 0. The average molecular weight is 310 g/mol. The first-order valence-corrected chi connectivity index (χ1v) is 7.49. The van der Waals surface area contributed by atoms with Crippen LogP contribution >= 0.6 is 0 Å². The molecule has 5 heteroatoms. The fraction of sp³-hybridized carbons (Fsp3) is 0.278. The number of nitrogens with zero attached hydrogens (tertiary/aromatic N) is 2. The van der Waals surface area contributed by atoms with E-state index in [1.807, 2.05) is 24.3 Å². The Hall–Kier alpha value is -2.69. The van der Waals surface area contributed by atoms with Crippen LogP contribution < -0.4 is 10.6 Å². The number of rotatable bonds is 5. The maximum atomic E-state index is 12.4. The van der Waals surface area contributed by atoms with Crippen LogP contribution in [0.1, 0.15) is 36.7 Å². The van der Waals surface area contributed by atoms with Crippen LogP contribution in [0.15, 0.2) is 49.3 Å². The minimum atomic E-state index is -0.225. The number of hydrogen-bond acceptors (Lipinski definition) is 4. The first-order valence-electron chi connectivity index (χ1n) is 7.49. The fourth-order valence-corrected chi connectivity index (χ4v) is 2.14. The van der Waals surface area contributed by atoms with Crippen LogP contribution in [0.5, 0.6) is 0 Å². The van der Waals surface area contributed by atoms with Crippen molar-refractivity contribution < 1.29 is 4.79 Å². The zero-order valence-electron chi connectivity index (χ0n) is 13.8. The molecule has 5 nitrogen and oxygen atoms in total. The van der Waals surface area contributed by atoms with Crippen LogP contribution in [0.3, 0.4) is 0 Å². The molecule has 0 aliphatic heterocycles. The third-order valence-electron chi connectivity index (χ3n) is 3.30. The third kappa shape index (κ3) is 4.39. The van der Waals surface area contributed by atoms with Crippen molar-refractivity contribution in [3.63, 3.8) is 0 Å². The number of hydrogen-bond donors (Lipinski definition) is 2. The monoisotopic (exact) mass is 310 g/mol. The minimum absolute atomic E-state index is 0.0567. The molecule has 0 saturated carbocycles. The predicted molar refractivity (Wildman–Crippen MR) is 93.8 cm³/mol. The Morgan fingerprint density at radius 2 is 1.87 bits per heavy atom. The van der Waals surface area contributed by atoms with Crippen molar-refractivity contribution in [2.45, 2.75) is 26.2 Å². The van der Waals surface area contributed by atoms with Crippen molar-refractivity contribution in [2.75, 3.05) is 17.2 Å². The summed E-state index contributed by atoms with van der Waals surface area (Å²) < 4.78 is 0. The lowest BCUT2D eigenvalue weighted by Gasteiger charge is -2.22. The quantitative estimate of drug-likeness (QED) is 0.828. The van der Waals surface area contributed by atoms with Gasteiger partial charge in [-0.1, -0.05) is 45.0 Å². The predicted octanol–water partition coefficient (Wildman–Crippen LogP) is 3.62. The lowest BCUT2D eigenvalue weighted by molar-refractivity contribution is 0.102. The van der Waals surface area contributed by atoms with Crippen LogP contribution in [0.4, 0.5) is 11.6 Å². The highest BCUT2D eigenvalue weighted by atomic mass is 16.1. The summed E-state index contributed by atoms with van der Waals surface area (Å²) in [5, 5.41) is 5.91. The molecule has 1 heterocycles. The molecular formula is C18H22N4O. The number of aromatic nitrogens is 2. The van der Waals surface area contributed by atoms with Crippen molar-refractivity contribution in [3.8, 4) is 0 Å². The largest absolute Gasteiger partial charge is 0.351 e. The average Bonchev–Trinajstić information content (AvgIpc) is 2.53. The number of benzene rings is 1. The Morgan fingerprint density at radius 3 is 2.48 bits per heavy atom. The van der Waals surface area contributed by atoms with Crippen molar-refractivity contribution in [2.24, 2.45) is 0 Å². The molecule has 0 atom stereocenters. The highest BCUT2D eigenvalue weighted by Gasteiger charge is 2.19. The number of carbonyl (C=O) groups is 1. The maximum Gasteiger partial charge on any atom is 0.258 e. The van der Waals surface area contributed by atoms with E-state index in [1.54, 1.807) is 6.08 Å². The van der Waals surface area contributed by atoms with Crippen LogP contribution in [0, 0.1) is 0 Å². The van der Waals surface area contributed by atoms with Gasteiger partial charge in [0.25, 0.3) is 5.91 Å². The molecule has 0 bridgehead atoms. The lowest BCUT2D eigenvalue weighted by Crippen LogP contribution is -2.19. The van der Waals surface area contributed by atoms with E-state index in [0.29, 0.717) is 18.1 Å². The Morgan fingerprint density at radius 1 is 1.22 bits per heavy atom.